The fourth-order valence-electron chi connectivity index (χ4n) is 1.78. The summed E-state index contributed by atoms with van der Waals surface area (Å²) in [6.45, 7) is 1.69. The molecule has 1 aliphatic rings. The number of rotatable bonds is 1. The molecule has 0 saturated heterocycles. The van der Waals surface area contributed by atoms with Gasteiger partial charge in [0.05, 0.1) is 0 Å². The minimum absolute atomic E-state index is 0.446. The maximum absolute atomic E-state index is 8.68. The zero-order chi connectivity index (χ0) is 10.7. The van der Waals surface area contributed by atoms with Crippen molar-refractivity contribution in [1.29, 1.82) is 0 Å². The van der Waals surface area contributed by atoms with Crippen LogP contribution in [0.25, 0.3) is 0 Å². The van der Waals surface area contributed by atoms with E-state index in [1.165, 1.54) is 12.7 Å². The largest absolute Gasteiger partial charge is 0.290 e. The number of hydrogen-bond donors (Lipinski definition) is 2. The summed E-state index contributed by atoms with van der Waals surface area (Å²) < 4.78 is 0. The number of amidine groups is 1. The van der Waals surface area contributed by atoms with Crippen LogP contribution in [0.1, 0.15) is 31.0 Å². The Hall–Kier alpha value is -1.49. The van der Waals surface area contributed by atoms with Gasteiger partial charge in [-0.05, 0) is 32.6 Å². The van der Waals surface area contributed by atoms with Gasteiger partial charge in [0.2, 0.25) is 0 Å². The number of nitrogens with one attached hydrogen (secondary N) is 1. The summed E-state index contributed by atoms with van der Waals surface area (Å²) in [7, 11) is 0. The van der Waals surface area contributed by atoms with Crippen molar-refractivity contribution in [2.24, 2.45) is 4.99 Å². The van der Waals surface area contributed by atoms with Crippen LogP contribution in [0.2, 0.25) is 0 Å². The van der Waals surface area contributed by atoms with Gasteiger partial charge in [-0.15, -0.1) is 0 Å². The molecule has 0 amide bonds. The summed E-state index contributed by atoms with van der Waals surface area (Å²) in [5, 5.41) is 8.68. The van der Waals surface area contributed by atoms with E-state index in [-0.39, 0.29) is 0 Å². The quantitative estimate of drug-likeness (QED) is 0.414. The van der Waals surface area contributed by atoms with E-state index in [0.29, 0.717) is 11.7 Å². The maximum atomic E-state index is 8.68. The monoisotopic (exact) mass is 206 g/mol. The Kier molecular flexibility index (Phi) is 2.91. The smallest absolute Gasteiger partial charge is 0.160 e. The lowest BCUT2D eigenvalue weighted by Crippen LogP contribution is -2.15. The SMILES string of the molecule is CC(=Nc1ncnc2c1CCCC2)NO. The molecule has 2 rings (SSSR count). The van der Waals surface area contributed by atoms with Crippen LogP contribution < -0.4 is 5.48 Å². The van der Waals surface area contributed by atoms with Crippen molar-refractivity contribution in [1.82, 2.24) is 15.4 Å². The van der Waals surface area contributed by atoms with Gasteiger partial charge in [0, 0.05) is 11.3 Å². The normalized spacial score (nSPS) is 16.0. The Labute approximate surface area is 88.2 Å². The standard InChI is InChI=1S/C10H14N4O/c1-7(14-15)13-10-8-4-2-3-5-9(8)11-6-12-10/h6,15H,2-5H2,1H3,(H,11,12,13,14). The minimum atomic E-state index is 0.446. The molecule has 0 bridgehead atoms. The Morgan fingerprint density at radius 3 is 3.00 bits per heavy atom. The van der Waals surface area contributed by atoms with Crippen LogP contribution in [0.5, 0.6) is 0 Å². The van der Waals surface area contributed by atoms with Gasteiger partial charge in [-0.25, -0.2) is 15.0 Å². The van der Waals surface area contributed by atoms with Crippen LogP contribution in [0.15, 0.2) is 11.3 Å². The topological polar surface area (TPSA) is 70.4 Å². The first-order valence-electron chi connectivity index (χ1n) is 5.09. The predicted octanol–water partition coefficient (Wildman–Crippen LogP) is 1.38. The second kappa shape index (κ2) is 4.35. The average molecular weight is 206 g/mol. The summed E-state index contributed by atoms with van der Waals surface area (Å²) >= 11 is 0. The summed E-state index contributed by atoms with van der Waals surface area (Å²) in [6, 6.07) is 0. The van der Waals surface area contributed by atoms with Gasteiger partial charge in [-0.2, -0.15) is 0 Å². The molecule has 2 N–H and O–H groups in total. The predicted molar refractivity (Wildman–Crippen MR) is 56.4 cm³/mol. The fourth-order valence-corrected chi connectivity index (χ4v) is 1.78. The first kappa shape index (κ1) is 10.0. The first-order valence-corrected chi connectivity index (χ1v) is 5.09. The molecule has 0 unspecified atom stereocenters. The van der Waals surface area contributed by atoms with Gasteiger partial charge >= 0.3 is 0 Å². The molecule has 5 nitrogen and oxygen atoms in total. The van der Waals surface area contributed by atoms with E-state index < -0.39 is 0 Å². The van der Waals surface area contributed by atoms with Crippen LogP contribution in [0.4, 0.5) is 5.82 Å². The van der Waals surface area contributed by atoms with Crippen molar-refractivity contribution < 1.29 is 5.21 Å². The van der Waals surface area contributed by atoms with E-state index in [9.17, 15) is 0 Å². The van der Waals surface area contributed by atoms with Gasteiger partial charge in [-0.1, -0.05) is 0 Å². The number of hydrogen-bond acceptors (Lipinski definition) is 4. The molecule has 0 radical (unpaired) electrons. The maximum Gasteiger partial charge on any atom is 0.160 e. The molecule has 1 heterocycles. The number of fused-ring (bicyclic) bond motifs is 1. The van der Waals surface area contributed by atoms with Crippen molar-refractivity contribution in [2.45, 2.75) is 32.6 Å². The number of aryl methyl sites for hydroxylation is 1. The van der Waals surface area contributed by atoms with Gasteiger partial charge in [0.15, 0.2) is 5.82 Å². The van der Waals surface area contributed by atoms with Crippen molar-refractivity contribution in [3.05, 3.63) is 17.6 Å². The molecule has 1 aromatic rings. The molecular formula is C10H14N4O. The fraction of sp³-hybridized carbons (Fsp3) is 0.500. The third-order valence-corrected chi connectivity index (χ3v) is 2.54. The number of hydroxylamine groups is 1. The van der Waals surface area contributed by atoms with E-state index in [4.69, 9.17) is 5.21 Å². The van der Waals surface area contributed by atoms with Gasteiger partial charge < -0.3 is 0 Å². The molecule has 0 spiro atoms. The molecule has 1 aromatic heterocycles. The molecule has 0 saturated carbocycles. The lowest BCUT2D eigenvalue weighted by molar-refractivity contribution is 0.234. The molecule has 0 aliphatic heterocycles. The van der Waals surface area contributed by atoms with Crippen molar-refractivity contribution in [3.8, 4) is 0 Å². The summed E-state index contributed by atoms with van der Waals surface area (Å²) in [5.74, 6) is 1.13. The molecular weight excluding hydrogens is 192 g/mol. The van der Waals surface area contributed by atoms with E-state index >= 15 is 0 Å². The lowest BCUT2D eigenvalue weighted by atomic mass is 9.97. The second-order valence-electron chi connectivity index (χ2n) is 3.64. The van der Waals surface area contributed by atoms with E-state index in [0.717, 1.165) is 30.5 Å². The van der Waals surface area contributed by atoms with E-state index in [1.54, 1.807) is 6.92 Å². The number of aliphatic imine (C=N–C) groups is 1. The lowest BCUT2D eigenvalue weighted by Gasteiger charge is -2.15. The highest BCUT2D eigenvalue weighted by Crippen LogP contribution is 2.26. The van der Waals surface area contributed by atoms with Gasteiger partial charge in [0.1, 0.15) is 12.2 Å². The third kappa shape index (κ3) is 2.12. The minimum Gasteiger partial charge on any atom is -0.290 e. The highest BCUT2D eigenvalue weighted by Gasteiger charge is 2.14. The highest BCUT2D eigenvalue weighted by atomic mass is 16.5. The molecule has 0 atom stereocenters. The second-order valence-corrected chi connectivity index (χ2v) is 3.64. The van der Waals surface area contributed by atoms with Crippen LogP contribution in [0, 0.1) is 0 Å². The zero-order valence-electron chi connectivity index (χ0n) is 8.69. The van der Waals surface area contributed by atoms with Crippen LogP contribution in [-0.2, 0) is 12.8 Å². The van der Waals surface area contributed by atoms with E-state index in [2.05, 4.69) is 15.0 Å². The Bertz CT molecular complexity index is 389. The zero-order valence-corrected chi connectivity index (χ0v) is 8.69. The number of nitrogens with zero attached hydrogens (tertiary/aromatic N) is 3. The summed E-state index contributed by atoms with van der Waals surface area (Å²) in [6.07, 6.45) is 5.87. The number of aromatic nitrogens is 2. The molecule has 15 heavy (non-hydrogen) atoms. The van der Waals surface area contributed by atoms with Crippen molar-refractivity contribution in [2.75, 3.05) is 0 Å². The van der Waals surface area contributed by atoms with Crippen LogP contribution in [0.3, 0.4) is 0 Å². The molecule has 80 valence electrons. The third-order valence-electron chi connectivity index (χ3n) is 2.54. The van der Waals surface area contributed by atoms with Crippen molar-refractivity contribution >= 4 is 11.7 Å². The van der Waals surface area contributed by atoms with Gasteiger partial charge in [-0.3, -0.25) is 10.7 Å². The molecule has 5 heteroatoms. The molecule has 0 aromatic carbocycles. The molecule has 0 fully saturated rings. The average Bonchev–Trinajstić information content (AvgIpc) is 2.29. The van der Waals surface area contributed by atoms with Crippen LogP contribution in [-0.4, -0.2) is 21.0 Å². The van der Waals surface area contributed by atoms with E-state index in [1.807, 2.05) is 5.48 Å². The summed E-state index contributed by atoms with van der Waals surface area (Å²) in [5.41, 5.74) is 4.23. The Balaban J connectivity index is 2.39. The summed E-state index contributed by atoms with van der Waals surface area (Å²) in [4.78, 5) is 12.6. The van der Waals surface area contributed by atoms with Crippen molar-refractivity contribution in [3.63, 3.8) is 0 Å². The first-order chi connectivity index (χ1) is 7.31. The van der Waals surface area contributed by atoms with Gasteiger partial charge in [0.25, 0.3) is 0 Å². The van der Waals surface area contributed by atoms with Crippen LogP contribution >= 0.6 is 0 Å². The Morgan fingerprint density at radius 1 is 1.40 bits per heavy atom. The Morgan fingerprint density at radius 2 is 2.20 bits per heavy atom. The molecule has 1 aliphatic carbocycles. The highest BCUT2D eigenvalue weighted by molar-refractivity contribution is 5.81.